The van der Waals surface area contributed by atoms with Crippen LogP contribution in [0.4, 0.5) is 0 Å². The van der Waals surface area contributed by atoms with Gasteiger partial charge in [-0.2, -0.15) is 0 Å². The second-order valence-electron chi connectivity index (χ2n) is 7.81. The van der Waals surface area contributed by atoms with E-state index in [0.29, 0.717) is 23.6 Å². The van der Waals surface area contributed by atoms with Gasteiger partial charge in [-0.25, -0.2) is 0 Å². The lowest BCUT2D eigenvalue weighted by Crippen LogP contribution is -1.99. The molecule has 0 aliphatic rings. The van der Waals surface area contributed by atoms with Gasteiger partial charge in [0.15, 0.2) is 0 Å². The van der Waals surface area contributed by atoms with E-state index in [2.05, 4.69) is 12.1 Å². The highest BCUT2D eigenvalue weighted by Gasteiger charge is 2.06. The first-order valence-corrected chi connectivity index (χ1v) is 11.3. The summed E-state index contributed by atoms with van der Waals surface area (Å²) in [5.41, 5.74) is 0.905. The van der Waals surface area contributed by atoms with Crippen LogP contribution in [0.1, 0.15) is 109 Å². The number of hydrogen-bond acceptors (Lipinski definition) is 4. The minimum absolute atomic E-state index is 0.0776. The van der Waals surface area contributed by atoms with Crippen LogP contribution in [-0.2, 0) is 0 Å². The molecule has 0 aliphatic carbocycles. The number of aromatic hydroxyl groups is 1. The van der Waals surface area contributed by atoms with E-state index in [4.69, 9.17) is 9.94 Å². The molecule has 0 radical (unpaired) electrons. The number of benzene rings is 1. The Hall–Kier alpha value is -1.71. The number of phenolic OH excluding ortho intramolecular Hbond substituents is 1. The fraction of sp³-hybridized carbons (Fsp3) is 0.708. The molecule has 0 saturated heterocycles. The first kappa shape index (κ1) is 24.3. The van der Waals surface area contributed by atoms with Crippen molar-refractivity contribution in [2.24, 2.45) is 5.16 Å². The molecular weight excluding hydrogens is 350 g/mol. The van der Waals surface area contributed by atoms with Crippen molar-refractivity contribution in [3.63, 3.8) is 0 Å². The number of nitrogens with zero attached hydrogens (tertiary/aromatic N) is 1. The number of phenols is 1. The summed E-state index contributed by atoms with van der Waals surface area (Å²) in [4.78, 5) is 0. The maximum Gasteiger partial charge on any atom is 0.128 e. The molecule has 0 aliphatic heterocycles. The molecule has 2 N–H and O–H groups in total. The van der Waals surface area contributed by atoms with Crippen molar-refractivity contribution in [1.82, 2.24) is 0 Å². The van der Waals surface area contributed by atoms with Gasteiger partial charge in [0.25, 0.3) is 0 Å². The van der Waals surface area contributed by atoms with Gasteiger partial charge in [-0.05, 0) is 25.5 Å². The van der Waals surface area contributed by atoms with Crippen LogP contribution < -0.4 is 4.74 Å². The van der Waals surface area contributed by atoms with Crippen molar-refractivity contribution in [3.05, 3.63) is 23.8 Å². The average molecular weight is 392 g/mol. The van der Waals surface area contributed by atoms with E-state index < -0.39 is 0 Å². The molecule has 160 valence electrons. The zero-order valence-corrected chi connectivity index (χ0v) is 18.1. The quantitative estimate of drug-likeness (QED) is 0.125. The van der Waals surface area contributed by atoms with E-state index in [-0.39, 0.29) is 5.75 Å². The number of oxime groups is 1. The van der Waals surface area contributed by atoms with Gasteiger partial charge >= 0.3 is 0 Å². The monoisotopic (exact) mass is 391 g/mol. The zero-order valence-electron chi connectivity index (χ0n) is 18.1. The molecule has 0 aromatic heterocycles. The van der Waals surface area contributed by atoms with Crippen LogP contribution >= 0.6 is 0 Å². The van der Waals surface area contributed by atoms with Crippen molar-refractivity contribution >= 4 is 5.71 Å². The van der Waals surface area contributed by atoms with Crippen LogP contribution in [0.3, 0.4) is 0 Å². The summed E-state index contributed by atoms with van der Waals surface area (Å²) in [5.74, 6) is 0.732. The summed E-state index contributed by atoms with van der Waals surface area (Å²) in [7, 11) is 0. The Morgan fingerprint density at radius 1 is 0.821 bits per heavy atom. The molecule has 0 bridgehead atoms. The summed E-state index contributed by atoms with van der Waals surface area (Å²) < 4.78 is 5.70. The minimum atomic E-state index is 0.0776. The van der Waals surface area contributed by atoms with Crippen LogP contribution in [0.5, 0.6) is 11.5 Å². The number of ether oxygens (including phenoxy) is 1. The molecule has 0 heterocycles. The number of unbranched alkanes of at least 4 members (excludes halogenated alkanes) is 13. The van der Waals surface area contributed by atoms with Crippen LogP contribution in [-0.4, -0.2) is 22.6 Å². The Morgan fingerprint density at radius 3 is 1.79 bits per heavy atom. The third-order valence-electron chi connectivity index (χ3n) is 5.28. The van der Waals surface area contributed by atoms with E-state index in [9.17, 15) is 5.11 Å². The summed E-state index contributed by atoms with van der Waals surface area (Å²) in [6, 6.07) is 5.09. The van der Waals surface area contributed by atoms with Gasteiger partial charge in [-0.3, -0.25) is 0 Å². The molecule has 4 heteroatoms. The highest BCUT2D eigenvalue weighted by atomic mass is 16.5. The largest absolute Gasteiger partial charge is 0.507 e. The fourth-order valence-electron chi connectivity index (χ4n) is 3.45. The van der Waals surface area contributed by atoms with Crippen molar-refractivity contribution in [2.45, 2.75) is 104 Å². The van der Waals surface area contributed by atoms with Gasteiger partial charge in [-0.1, -0.05) is 95.6 Å². The second-order valence-corrected chi connectivity index (χ2v) is 7.81. The second kappa shape index (κ2) is 16.3. The van der Waals surface area contributed by atoms with Gasteiger partial charge in [-0.15, -0.1) is 0 Å². The lowest BCUT2D eigenvalue weighted by atomic mass is 10.0. The van der Waals surface area contributed by atoms with Crippen molar-refractivity contribution < 1.29 is 15.1 Å². The van der Waals surface area contributed by atoms with Crippen LogP contribution in [0.25, 0.3) is 0 Å². The molecule has 1 aromatic rings. The van der Waals surface area contributed by atoms with Crippen molar-refractivity contribution in [3.8, 4) is 11.5 Å². The Morgan fingerprint density at radius 2 is 1.32 bits per heavy atom. The van der Waals surface area contributed by atoms with Gasteiger partial charge in [0.05, 0.1) is 12.3 Å². The van der Waals surface area contributed by atoms with E-state index in [1.165, 1.54) is 83.5 Å². The minimum Gasteiger partial charge on any atom is -0.507 e. The predicted molar refractivity (Wildman–Crippen MR) is 118 cm³/mol. The molecule has 1 rings (SSSR count). The van der Waals surface area contributed by atoms with Gasteiger partial charge in [0, 0.05) is 11.6 Å². The Labute approximate surface area is 172 Å². The van der Waals surface area contributed by atoms with Crippen molar-refractivity contribution in [1.29, 1.82) is 0 Å². The van der Waals surface area contributed by atoms with Gasteiger partial charge in [0.1, 0.15) is 11.5 Å². The van der Waals surface area contributed by atoms with E-state index in [1.54, 1.807) is 25.1 Å². The third-order valence-corrected chi connectivity index (χ3v) is 5.28. The lowest BCUT2D eigenvalue weighted by Gasteiger charge is -2.09. The third kappa shape index (κ3) is 11.2. The maximum atomic E-state index is 9.95. The average Bonchev–Trinajstić information content (AvgIpc) is 2.70. The molecule has 1 aromatic carbocycles. The molecule has 28 heavy (non-hydrogen) atoms. The van der Waals surface area contributed by atoms with E-state index in [0.717, 1.165) is 6.42 Å². The Kier molecular flexibility index (Phi) is 14.1. The summed E-state index contributed by atoms with van der Waals surface area (Å²) in [6.45, 7) is 4.59. The first-order chi connectivity index (χ1) is 13.7. The van der Waals surface area contributed by atoms with E-state index in [1.807, 2.05) is 0 Å². The normalized spacial score (nSPS) is 11.7. The molecule has 0 atom stereocenters. The molecule has 0 spiro atoms. The SMILES string of the molecule is CCCCCCCCCCCCCCCCOc1ccc(/C(C)=N/O)c(O)c1. The van der Waals surface area contributed by atoms with Crippen LogP contribution in [0.2, 0.25) is 0 Å². The molecule has 0 saturated carbocycles. The maximum absolute atomic E-state index is 9.95. The predicted octanol–water partition coefficient (Wildman–Crippen LogP) is 7.45. The van der Waals surface area contributed by atoms with Crippen LogP contribution in [0.15, 0.2) is 23.4 Å². The summed E-state index contributed by atoms with van der Waals surface area (Å²) in [5, 5.41) is 21.8. The Balaban J connectivity index is 1.94. The first-order valence-electron chi connectivity index (χ1n) is 11.3. The highest BCUT2D eigenvalue weighted by Crippen LogP contribution is 2.24. The van der Waals surface area contributed by atoms with Gasteiger partial charge < -0.3 is 15.1 Å². The molecule has 0 unspecified atom stereocenters. The Bertz CT molecular complexity index is 543. The molecule has 0 amide bonds. The lowest BCUT2D eigenvalue weighted by molar-refractivity contribution is 0.302. The topological polar surface area (TPSA) is 62.0 Å². The summed E-state index contributed by atoms with van der Waals surface area (Å²) >= 11 is 0. The fourth-order valence-corrected chi connectivity index (χ4v) is 3.45. The van der Waals surface area contributed by atoms with Crippen LogP contribution in [0, 0.1) is 0 Å². The molecule has 0 fully saturated rings. The van der Waals surface area contributed by atoms with E-state index >= 15 is 0 Å². The van der Waals surface area contributed by atoms with Crippen molar-refractivity contribution in [2.75, 3.05) is 6.61 Å². The zero-order chi connectivity index (χ0) is 20.5. The number of rotatable bonds is 17. The smallest absolute Gasteiger partial charge is 0.128 e. The van der Waals surface area contributed by atoms with Gasteiger partial charge in [0.2, 0.25) is 0 Å². The summed E-state index contributed by atoms with van der Waals surface area (Å²) in [6.07, 6.45) is 18.8. The molecule has 4 nitrogen and oxygen atoms in total. The highest BCUT2D eigenvalue weighted by molar-refractivity contribution is 6.00. The standard InChI is InChI=1S/C24H41NO3/c1-3-4-5-6-7-8-9-10-11-12-13-14-15-16-19-28-22-17-18-23(21(2)25-27)24(26)20-22/h17-18,20,26-27H,3-16,19H2,1-2H3/b25-21+. The molecular formula is C24H41NO3. The number of hydrogen-bond donors (Lipinski definition) is 2.